The lowest BCUT2D eigenvalue weighted by Gasteiger charge is -2.34. The number of hydrogen-bond acceptors (Lipinski definition) is 4. The van der Waals surface area contributed by atoms with Crippen molar-refractivity contribution in [3.8, 4) is 0 Å². The van der Waals surface area contributed by atoms with Crippen LogP contribution in [0.2, 0.25) is 5.15 Å². The van der Waals surface area contributed by atoms with Crippen molar-refractivity contribution in [3.63, 3.8) is 0 Å². The summed E-state index contributed by atoms with van der Waals surface area (Å²) in [7, 11) is 0. The van der Waals surface area contributed by atoms with Crippen LogP contribution in [0.4, 0.5) is 0 Å². The van der Waals surface area contributed by atoms with E-state index in [1.807, 2.05) is 4.90 Å². The standard InChI is InChI=1S/C13H15ClN4O2/c14-11-8-15-10(7-16-11)13(20)18-5-3-17(4-6-18)12(19)9-1-2-9/h7-9H,1-6H2. The second-order valence-electron chi connectivity index (χ2n) is 5.12. The molecule has 2 amide bonds. The third-order valence-electron chi connectivity index (χ3n) is 3.64. The van der Waals surface area contributed by atoms with E-state index in [0.29, 0.717) is 26.2 Å². The lowest BCUT2D eigenvalue weighted by Crippen LogP contribution is -2.51. The fraction of sp³-hybridized carbons (Fsp3) is 0.538. The van der Waals surface area contributed by atoms with Crippen LogP contribution < -0.4 is 0 Å². The van der Waals surface area contributed by atoms with Gasteiger partial charge in [0.15, 0.2) is 0 Å². The van der Waals surface area contributed by atoms with Gasteiger partial charge in [-0.25, -0.2) is 9.97 Å². The lowest BCUT2D eigenvalue weighted by molar-refractivity contribution is -0.134. The quantitative estimate of drug-likeness (QED) is 0.810. The van der Waals surface area contributed by atoms with E-state index in [1.54, 1.807) is 4.90 Å². The Morgan fingerprint density at radius 1 is 1.05 bits per heavy atom. The monoisotopic (exact) mass is 294 g/mol. The highest BCUT2D eigenvalue weighted by Crippen LogP contribution is 2.31. The number of piperazine rings is 1. The fourth-order valence-corrected chi connectivity index (χ4v) is 2.40. The summed E-state index contributed by atoms with van der Waals surface area (Å²) in [4.78, 5) is 35.5. The van der Waals surface area contributed by atoms with Crippen LogP contribution in [0.3, 0.4) is 0 Å². The highest BCUT2D eigenvalue weighted by molar-refractivity contribution is 6.29. The molecule has 0 aromatic carbocycles. The van der Waals surface area contributed by atoms with Crippen molar-refractivity contribution in [2.45, 2.75) is 12.8 Å². The summed E-state index contributed by atoms with van der Waals surface area (Å²) in [5, 5.41) is 0.265. The van der Waals surface area contributed by atoms with E-state index in [-0.39, 0.29) is 28.6 Å². The van der Waals surface area contributed by atoms with Crippen molar-refractivity contribution in [2.75, 3.05) is 26.2 Å². The van der Waals surface area contributed by atoms with E-state index in [0.717, 1.165) is 12.8 Å². The molecule has 2 heterocycles. The summed E-state index contributed by atoms with van der Waals surface area (Å²) in [6.07, 6.45) is 4.77. The van der Waals surface area contributed by atoms with Gasteiger partial charge in [-0.05, 0) is 12.8 Å². The van der Waals surface area contributed by atoms with E-state index in [2.05, 4.69) is 9.97 Å². The molecular weight excluding hydrogens is 280 g/mol. The first kappa shape index (κ1) is 13.3. The molecule has 0 N–H and O–H groups in total. The normalized spacial score (nSPS) is 19.1. The maximum Gasteiger partial charge on any atom is 0.274 e. The van der Waals surface area contributed by atoms with Crippen LogP contribution >= 0.6 is 11.6 Å². The third-order valence-corrected chi connectivity index (χ3v) is 3.84. The third kappa shape index (κ3) is 2.75. The molecule has 0 spiro atoms. The molecule has 1 saturated carbocycles. The molecule has 1 aliphatic heterocycles. The Labute approximate surface area is 121 Å². The summed E-state index contributed by atoms with van der Waals surface area (Å²) in [5.41, 5.74) is 0.288. The van der Waals surface area contributed by atoms with Crippen molar-refractivity contribution in [1.29, 1.82) is 0 Å². The molecule has 2 fully saturated rings. The van der Waals surface area contributed by atoms with E-state index < -0.39 is 0 Å². The highest BCUT2D eigenvalue weighted by atomic mass is 35.5. The largest absolute Gasteiger partial charge is 0.339 e. The maximum absolute atomic E-state index is 12.2. The van der Waals surface area contributed by atoms with E-state index in [1.165, 1.54) is 12.4 Å². The van der Waals surface area contributed by atoms with Gasteiger partial charge < -0.3 is 9.80 Å². The van der Waals surface area contributed by atoms with Crippen molar-refractivity contribution < 1.29 is 9.59 Å². The van der Waals surface area contributed by atoms with Crippen LogP contribution in [0.15, 0.2) is 12.4 Å². The molecule has 1 aliphatic carbocycles. The number of carbonyl (C=O) groups excluding carboxylic acids is 2. The minimum absolute atomic E-state index is 0.160. The van der Waals surface area contributed by atoms with Crippen LogP contribution in [-0.4, -0.2) is 57.8 Å². The van der Waals surface area contributed by atoms with Gasteiger partial charge in [0.05, 0.1) is 12.4 Å². The number of nitrogens with zero attached hydrogens (tertiary/aromatic N) is 4. The summed E-state index contributed by atoms with van der Waals surface area (Å²) >= 11 is 5.65. The number of carbonyl (C=O) groups is 2. The molecule has 1 aromatic heterocycles. The molecule has 1 saturated heterocycles. The van der Waals surface area contributed by atoms with Gasteiger partial charge in [0.1, 0.15) is 10.8 Å². The highest BCUT2D eigenvalue weighted by Gasteiger charge is 2.35. The molecule has 0 atom stereocenters. The Morgan fingerprint density at radius 3 is 2.25 bits per heavy atom. The van der Waals surface area contributed by atoms with Crippen LogP contribution in [0.1, 0.15) is 23.3 Å². The van der Waals surface area contributed by atoms with Crippen molar-refractivity contribution in [1.82, 2.24) is 19.8 Å². The molecule has 1 aromatic rings. The Balaban J connectivity index is 1.58. The molecule has 0 radical (unpaired) electrons. The zero-order valence-electron chi connectivity index (χ0n) is 11.0. The van der Waals surface area contributed by atoms with Crippen molar-refractivity contribution in [3.05, 3.63) is 23.2 Å². The predicted molar refractivity (Wildman–Crippen MR) is 72.2 cm³/mol. The Hall–Kier alpha value is -1.69. The molecule has 7 heteroatoms. The van der Waals surface area contributed by atoms with Crippen LogP contribution in [0.5, 0.6) is 0 Å². The fourth-order valence-electron chi connectivity index (χ4n) is 2.30. The van der Waals surface area contributed by atoms with E-state index in [4.69, 9.17) is 11.6 Å². The van der Waals surface area contributed by atoms with E-state index in [9.17, 15) is 9.59 Å². The number of hydrogen-bond donors (Lipinski definition) is 0. The molecular formula is C13H15ClN4O2. The maximum atomic E-state index is 12.2. The zero-order valence-corrected chi connectivity index (χ0v) is 11.7. The minimum atomic E-state index is -0.160. The Kier molecular flexibility index (Phi) is 3.56. The summed E-state index contributed by atoms with van der Waals surface area (Å²) in [6.45, 7) is 2.29. The van der Waals surface area contributed by atoms with Crippen LogP contribution in [0, 0.1) is 5.92 Å². The van der Waals surface area contributed by atoms with Gasteiger partial charge in [-0.2, -0.15) is 0 Å². The molecule has 3 rings (SSSR count). The molecule has 2 aliphatic rings. The zero-order chi connectivity index (χ0) is 14.1. The van der Waals surface area contributed by atoms with E-state index >= 15 is 0 Å². The van der Waals surface area contributed by atoms with Gasteiger partial charge in [0.25, 0.3) is 5.91 Å². The summed E-state index contributed by atoms with van der Waals surface area (Å²) < 4.78 is 0. The van der Waals surface area contributed by atoms with Gasteiger partial charge in [0, 0.05) is 32.1 Å². The Bertz CT molecular complexity index is 522. The topological polar surface area (TPSA) is 66.4 Å². The van der Waals surface area contributed by atoms with Gasteiger partial charge in [-0.1, -0.05) is 11.6 Å². The number of amides is 2. The SMILES string of the molecule is O=C(c1cnc(Cl)cn1)N1CCN(C(=O)C2CC2)CC1. The number of halogens is 1. The minimum Gasteiger partial charge on any atom is -0.339 e. The molecule has 0 bridgehead atoms. The van der Waals surface area contributed by atoms with Gasteiger partial charge >= 0.3 is 0 Å². The lowest BCUT2D eigenvalue weighted by atomic mass is 10.2. The second-order valence-corrected chi connectivity index (χ2v) is 5.50. The summed E-state index contributed by atoms with van der Waals surface area (Å²) in [5.74, 6) is 0.315. The molecule has 20 heavy (non-hydrogen) atoms. The molecule has 6 nitrogen and oxygen atoms in total. The molecule has 106 valence electrons. The van der Waals surface area contributed by atoms with Crippen molar-refractivity contribution in [2.24, 2.45) is 5.92 Å². The first-order valence-electron chi connectivity index (χ1n) is 6.71. The Morgan fingerprint density at radius 2 is 1.70 bits per heavy atom. The molecule has 0 unspecified atom stereocenters. The summed E-state index contributed by atoms with van der Waals surface area (Å²) in [6, 6.07) is 0. The van der Waals surface area contributed by atoms with Gasteiger partial charge in [0.2, 0.25) is 5.91 Å². The average Bonchev–Trinajstić information content (AvgIpc) is 3.31. The second kappa shape index (κ2) is 5.36. The van der Waals surface area contributed by atoms with Crippen LogP contribution in [0.25, 0.3) is 0 Å². The van der Waals surface area contributed by atoms with Gasteiger partial charge in [-0.15, -0.1) is 0 Å². The van der Waals surface area contributed by atoms with Crippen LogP contribution in [-0.2, 0) is 4.79 Å². The number of aromatic nitrogens is 2. The average molecular weight is 295 g/mol. The first-order chi connectivity index (χ1) is 9.65. The van der Waals surface area contributed by atoms with Crippen molar-refractivity contribution >= 4 is 23.4 Å². The smallest absolute Gasteiger partial charge is 0.274 e. The number of rotatable bonds is 2. The first-order valence-corrected chi connectivity index (χ1v) is 7.08. The predicted octanol–water partition coefficient (Wildman–Crippen LogP) is 0.824. The van der Waals surface area contributed by atoms with Gasteiger partial charge in [-0.3, -0.25) is 9.59 Å².